The molecule has 5 nitrogen and oxygen atoms in total. The third-order valence-electron chi connectivity index (χ3n) is 2.03. The Bertz CT molecular complexity index is 324. The van der Waals surface area contributed by atoms with Crippen LogP contribution in [0.25, 0.3) is 0 Å². The lowest BCUT2D eigenvalue weighted by Gasteiger charge is -2.09. The van der Waals surface area contributed by atoms with Crippen LogP contribution in [0.4, 0.5) is 0 Å². The zero-order valence-electron chi connectivity index (χ0n) is 8.64. The van der Waals surface area contributed by atoms with Gasteiger partial charge in [0, 0.05) is 11.5 Å². The summed E-state index contributed by atoms with van der Waals surface area (Å²) in [6.45, 7) is 2.30. The molecule has 0 heterocycles. The molecule has 1 aromatic rings. The standard InChI is InChI=1S/C10H15N3O2/c1-8-2-4-9(5-3-8)6-12-10(11)7-13(14)15/h2-5,10,12H,6-7,11H2,1H3. The van der Waals surface area contributed by atoms with Crippen LogP contribution in [0, 0.1) is 17.0 Å². The summed E-state index contributed by atoms with van der Waals surface area (Å²) < 4.78 is 0. The first-order valence-corrected chi connectivity index (χ1v) is 4.74. The molecule has 0 saturated carbocycles. The molecule has 0 saturated heterocycles. The monoisotopic (exact) mass is 209 g/mol. The molecular weight excluding hydrogens is 194 g/mol. The van der Waals surface area contributed by atoms with Crippen LogP contribution >= 0.6 is 0 Å². The number of aryl methyl sites for hydroxylation is 1. The predicted octanol–water partition coefficient (Wildman–Crippen LogP) is 0.646. The van der Waals surface area contributed by atoms with E-state index in [1.54, 1.807) is 0 Å². The van der Waals surface area contributed by atoms with Gasteiger partial charge in [-0.05, 0) is 12.5 Å². The topological polar surface area (TPSA) is 81.2 Å². The van der Waals surface area contributed by atoms with E-state index in [0.717, 1.165) is 5.56 Å². The zero-order valence-corrected chi connectivity index (χ0v) is 8.64. The molecule has 1 rings (SSSR count). The maximum Gasteiger partial charge on any atom is 0.231 e. The summed E-state index contributed by atoms with van der Waals surface area (Å²) in [5, 5.41) is 13.0. The second-order valence-corrected chi connectivity index (χ2v) is 3.49. The highest BCUT2D eigenvalue weighted by Crippen LogP contribution is 2.02. The lowest BCUT2D eigenvalue weighted by molar-refractivity contribution is -0.483. The smallest absolute Gasteiger partial charge is 0.231 e. The van der Waals surface area contributed by atoms with Crippen molar-refractivity contribution in [3.8, 4) is 0 Å². The fourth-order valence-electron chi connectivity index (χ4n) is 1.18. The third kappa shape index (κ3) is 4.53. The summed E-state index contributed by atoms with van der Waals surface area (Å²) in [4.78, 5) is 9.73. The molecule has 82 valence electrons. The Morgan fingerprint density at radius 2 is 2.07 bits per heavy atom. The Labute approximate surface area is 88.4 Å². The molecular formula is C10H15N3O2. The zero-order chi connectivity index (χ0) is 11.3. The molecule has 1 aromatic carbocycles. The van der Waals surface area contributed by atoms with Gasteiger partial charge in [0.1, 0.15) is 6.17 Å². The van der Waals surface area contributed by atoms with Crippen molar-refractivity contribution < 1.29 is 4.92 Å². The van der Waals surface area contributed by atoms with Gasteiger partial charge in [0.15, 0.2) is 0 Å². The van der Waals surface area contributed by atoms with Crippen LogP contribution in [0.1, 0.15) is 11.1 Å². The van der Waals surface area contributed by atoms with Gasteiger partial charge in [0.25, 0.3) is 0 Å². The average molecular weight is 209 g/mol. The molecule has 0 radical (unpaired) electrons. The summed E-state index contributed by atoms with van der Waals surface area (Å²) >= 11 is 0. The van der Waals surface area contributed by atoms with Crippen LogP contribution < -0.4 is 11.1 Å². The lowest BCUT2D eigenvalue weighted by atomic mass is 10.1. The molecule has 0 aliphatic heterocycles. The van der Waals surface area contributed by atoms with Gasteiger partial charge in [0.2, 0.25) is 6.54 Å². The van der Waals surface area contributed by atoms with Gasteiger partial charge in [-0.2, -0.15) is 0 Å². The quantitative estimate of drug-likeness (QED) is 0.424. The maximum absolute atomic E-state index is 10.2. The first-order chi connectivity index (χ1) is 7.08. The molecule has 0 aliphatic carbocycles. The van der Waals surface area contributed by atoms with Crippen molar-refractivity contribution in [3.05, 3.63) is 45.5 Å². The number of nitrogens with two attached hydrogens (primary N) is 1. The maximum atomic E-state index is 10.2. The van der Waals surface area contributed by atoms with E-state index in [4.69, 9.17) is 5.73 Å². The van der Waals surface area contributed by atoms with Gasteiger partial charge in [-0.25, -0.2) is 0 Å². The number of benzene rings is 1. The van der Waals surface area contributed by atoms with E-state index in [1.165, 1.54) is 5.56 Å². The van der Waals surface area contributed by atoms with Crippen molar-refractivity contribution >= 4 is 0 Å². The van der Waals surface area contributed by atoms with Crippen molar-refractivity contribution in [3.63, 3.8) is 0 Å². The minimum Gasteiger partial charge on any atom is -0.310 e. The van der Waals surface area contributed by atoms with Gasteiger partial charge < -0.3 is 5.73 Å². The number of rotatable bonds is 5. The minimum atomic E-state index is -0.596. The highest BCUT2D eigenvalue weighted by Gasteiger charge is 2.08. The van der Waals surface area contributed by atoms with Gasteiger partial charge in [-0.15, -0.1) is 0 Å². The van der Waals surface area contributed by atoms with Gasteiger partial charge in [0.05, 0.1) is 0 Å². The Balaban J connectivity index is 2.36. The van der Waals surface area contributed by atoms with Crippen molar-refractivity contribution in [2.45, 2.75) is 19.6 Å². The van der Waals surface area contributed by atoms with Crippen LogP contribution in [-0.4, -0.2) is 17.6 Å². The number of hydrogen-bond acceptors (Lipinski definition) is 4. The highest BCUT2D eigenvalue weighted by atomic mass is 16.6. The largest absolute Gasteiger partial charge is 0.310 e. The second kappa shape index (κ2) is 5.43. The van der Waals surface area contributed by atoms with E-state index < -0.39 is 11.1 Å². The molecule has 1 unspecified atom stereocenters. The first-order valence-electron chi connectivity index (χ1n) is 4.74. The molecule has 0 aliphatic rings. The van der Waals surface area contributed by atoms with Crippen molar-refractivity contribution in [1.29, 1.82) is 0 Å². The van der Waals surface area contributed by atoms with E-state index in [1.807, 2.05) is 31.2 Å². The Morgan fingerprint density at radius 3 is 2.60 bits per heavy atom. The average Bonchev–Trinajstić information content (AvgIpc) is 2.16. The molecule has 15 heavy (non-hydrogen) atoms. The molecule has 0 aromatic heterocycles. The van der Waals surface area contributed by atoms with Gasteiger partial charge in [-0.1, -0.05) is 29.8 Å². The Hall–Kier alpha value is -1.46. The fraction of sp³-hybridized carbons (Fsp3) is 0.400. The van der Waals surface area contributed by atoms with E-state index in [0.29, 0.717) is 6.54 Å². The summed E-state index contributed by atoms with van der Waals surface area (Å²) in [6.07, 6.45) is -0.596. The normalized spacial score (nSPS) is 12.4. The fourth-order valence-corrected chi connectivity index (χ4v) is 1.18. The molecule has 1 atom stereocenters. The molecule has 0 fully saturated rings. The van der Waals surface area contributed by atoms with Crippen LogP contribution in [0.15, 0.2) is 24.3 Å². The van der Waals surface area contributed by atoms with Crippen LogP contribution in [0.5, 0.6) is 0 Å². The van der Waals surface area contributed by atoms with Gasteiger partial charge >= 0.3 is 0 Å². The lowest BCUT2D eigenvalue weighted by Crippen LogP contribution is -2.42. The van der Waals surface area contributed by atoms with Crippen LogP contribution in [0.2, 0.25) is 0 Å². The van der Waals surface area contributed by atoms with E-state index in [9.17, 15) is 10.1 Å². The molecule has 5 heteroatoms. The summed E-state index contributed by atoms with van der Waals surface area (Å²) in [7, 11) is 0. The number of nitrogens with zero attached hydrogens (tertiary/aromatic N) is 1. The van der Waals surface area contributed by atoms with Gasteiger partial charge in [-0.3, -0.25) is 15.4 Å². The first kappa shape index (κ1) is 11.6. The van der Waals surface area contributed by atoms with Crippen LogP contribution in [0.3, 0.4) is 0 Å². The van der Waals surface area contributed by atoms with E-state index in [2.05, 4.69) is 5.32 Å². The van der Waals surface area contributed by atoms with E-state index in [-0.39, 0.29) is 6.54 Å². The number of hydrogen-bond donors (Lipinski definition) is 2. The predicted molar refractivity (Wildman–Crippen MR) is 57.9 cm³/mol. The van der Waals surface area contributed by atoms with Crippen molar-refractivity contribution in [2.75, 3.05) is 6.54 Å². The van der Waals surface area contributed by atoms with Crippen LogP contribution in [-0.2, 0) is 6.54 Å². The Kier molecular flexibility index (Phi) is 4.20. The van der Waals surface area contributed by atoms with Crippen molar-refractivity contribution in [2.24, 2.45) is 5.73 Å². The number of nitro groups is 1. The summed E-state index contributed by atoms with van der Waals surface area (Å²) in [5.74, 6) is 0. The molecule has 0 amide bonds. The minimum absolute atomic E-state index is 0.258. The highest BCUT2D eigenvalue weighted by molar-refractivity contribution is 5.21. The summed E-state index contributed by atoms with van der Waals surface area (Å²) in [6, 6.07) is 7.94. The molecule has 0 spiro atoms. The molecule has 3 N–H and O–H groups in total. The SMILES string of the molecule is Cc1ccc(CNC(N)C[N+](=O)[O-])cc1. The molecule has 0 bridgehead atoms. The van der Waals surface area contributed by atoms with E-state index >= 15 is 0 Å². The Morgan fingerprint density at radius 1 is 1.47 bits per heavy atom. The van der Waals surface area contributed by atoms with Crippen molar-refractivity contribution in [1.82, 2.24) is 5.32 Å². The third-order valence-corrected chi connectivity index (χ3v) is 2.03. The summed E-state index contributed by atoms with van der Waals surface area (Å²) in [5.41, 5.74) is 7.76. The number of nitrogens with one attached hydrogen (secondary N) is 1. The second-order valence-electron chi connectivity index (χ2n) is 3.49.